The van der Waals surface area contributed by atoms with E-state index < -0.39 is 0 Å². The molecule has 1 aromatic heterocycles. The van der Waals surface area contributed by atoms with Crippen molar-refractivity contribution in [2.45, 2.75) is 76.7 Å². The Morgan fingerprint density at radius 2 is 1.62 bits per heavy atom. The third-order valence-electron chi connectivity index (χ3n) is 7.63. The Morgan fingerprint density at radius 1 is 0.882 bits per heavy atom. The Labute approximate surface area is 204 Å². The maximum Gasteiger partial charge on any atom is 0.227 e. The summed E-state index contributed by atoms with van der Waals surface area (Å²) in [5.41, 5.74) is 0.932. The zero-order valence-electron chi connectivity index (χ0n) is 20.9. The number of aromatic nitrogens is 2. The first-order valence-corrected chi connectivity index (χ1v) is 13.6. The molecule has 0 unspecified atom stereocenters. The van der Waals surface area contributed by atoms with E-state index in [1.165, 1.54) is 77.3 Å². The highest BCUT2D eigenvalue weighted by Gasteiger charge is 2.22. The topological polar surface area (TPSA) is 62.8 Å². The summed E-state index contributed by atoms with van der Waals surface area (Å²) in [5.74, 6) is 3.32. The van der Waals surface area contributed by atoms with E-state index in [1.807, 2.05) is 0 Å². The van der Waals surface area contributed by atoms with E-state index in [2.05, 4.69) is 27.2 Å². The Balaban J connectivity index is 1.37. The van der Waals surface area contributed by atoms with Crippen LogP contribution in [0.15, 0.2) is 12.1 Å². The molecule has 34 heavy (non-hydrogen) atoms. The summed E-state index contributed by atoms with van der Waals surface area (Å²) in [4.78, 5) is 14.9. The van der Waals surface area contributed by atoms with Gasteiger partial charge >= 0.3 is 0 Å². The summed E-state index contributed by atoms with van der Waals surface area (Å²) in [5, 5.41) is 4.79. The van der Waals surface area contributed by atoms with E-state index >= 15 is 0 Å². The summed E-state index contributed by atoms with van der Waals surface area (Å²) in [7, 11) is 1.72. The second kappa shape index (κ2) is 11.4. The van der Waals surface area contributed by atoms with Gasteiger partial charge in [-0.05, 0) is 64.1 Å². The SMILES string of the molecule is COc1cc2c(NC3CCCCC3)nc(N3CCCC3)nc2cc1OCCCN1CCCCC1. The number of fused-ring (bicyclic) bond motifs is 1. The van der Waals surface area contributed by atoms with Gasteiger partial charge < -0.3 is 24.6 Å². The molecular formula is C27H41N5O2. The van der Waals surface area contributed by atoms with Gasteiger partial charge in [-0.2, -0.15) is 4.98 Å². The molecule has 1 aliphatic carbocycles. The van der Waals surface area contributed by atoms with Crippen molar-refractivity contribution < 1.29 is 9.47 Å². The number of nitrogens with one attached hydrogen (secondary N) is 1. The van der Waals surface area contributed by atoms with Gasteiger partial charge in [0.1, 0.15) is 5.82 Å². The van der Waals surface area contributed by atoms with Crippen LogP contribution >= 0.6 is 0 Å². The predicted molar refractivity (Wildman–Crippen MR) is 138 cm³/mol. The molecule has 1 saturated carbocycles. The average Bonchev–Trinajstić information content (AvgIpc) is 3.42. The summed E-state index contributed by atoms with van der Waals surface area (Å²) in [6, 6.07) is 4.60. The highest BCUT2D eigenvalue weighted by atomic mass is 16.5. The molecule has 0 bridgehead atoms. The molecule has 2 saturated heterocycles. The van der Waals surface area contributed by atoms with Crippen molar-refractivity contribution in [3.8, 4) is 11.5 Å². The van der Waals surface area contributed by atoms with Crippen molar-refractivity contribution in [2.24, 2.45) is 0 Å². The van der Waals surface area contributed by atoms with E-state index in [0.717, 1.165) is 60.2 Å². The zero-order valence-corrected chi connectivity index (χ0v) is 20.9. The number of likely N-dealkylation sites (tertiary alicyclic amines) is 1. The lowest BCUT2D eigenvalue weighted by Crippen LogP contribution is -2.31. The van der Waals surface area contributed by atoms with Crippen LogP contribution < -0.4 is 19.7 Å². The molecule has 0 radical (unpaired) electrons. The summed E-state index contributed by atoms with van der Waals surface area (Å²) in [6.07, 6.45) is 13.8. The lowest BCUT2D eigenvalue weighted by Gasteiger charge is -2.26. The molecule has 3 heterocycles. The molecule has 1 N–H and O–H groups in total. The normalized spacial score (nSPS) is 20.1. The fraction of sp³-hybridized carbons (Fsp3) is 0.704. The predicted octanol–water partition coefficient (Wildman–Crippen LogP) is 5.24. The van der Waals surface area contributed by atoms with Crippen LogP contribution in [0.1, 0.15) is 70.6 Å². The first-order valence-electron chi connectivity index (χ1n) is 13.6. The Hall–Kier alpha value is -2.28. The van der Waals surface area contributed by atoms with Gasteiger partial charge in [0.2, 0.25) is 5.95 Å². The Kier molecular flexibility index (Phi) is 7.89. The summed E-state index contributed by atoms with van der Waals surface area (Å²) in [6.45, 7) is 6.32. The van der Waals surface area contributed by atoms with Crippen molar-refractivity contribution in [3.63, 3.8) is 0 Å². The van der Waals surface area contributed by atoms with Gasteiger partial charge in [0, 0.05) is 37.1 Å². The lowest BCUT2D eigenvalue weighted by molar-refractivity contribution is 0.203. The van der Waals surface area contributed by atoms with Gasteiger partial charge in [-0.25, -0.2) is 4.98 Å². The molecular weight excluding hydrogens is 426 g/mol. The van der Waals surface area contributed by atoms with Gasteiger partial charge in [-0.15, -0.1) is 0 Å². The Morgan fingerprint density at radius 3 is 2.38 bits per heavy atom. The number of benzene rings is 1. The molecule has 7 nitrogen and oxygen atoms in total. The third kappa shape index (κ3) is 5.68. The van der Waals surface area contributed by atoms with Crippen LogP contribution in [0.25, 0.3) is 10.9 Å². The van der Waals surface area contributed by atoms with Crippen LogP contribution in [0, 0.1) is 0 Å². The zero-order chi connectivity index (χ0) is 23.2. The van der Waals surface area contributed by atoms with Crippen molar-refractivity contribution in [2.75, 3.05) is 56.7 Å². The molecule has 2 aromatic rings. The molecule has 186 valence electrons. The van der Waals surface area contributed by atoms with Crippen LogP contribution in [0.3, 0.4) is 0 Å². The van der Waals surface area contributed by atoms with Gasteiger partial charge in [-0.3, -0.25) is 0 Å². The fourth-order valence-corrected chi connectivity index (χ4v) is 5.66. The van der Waals surface area contributed by atoms with Crippen molar-refractivity contribution >= 4 is 22.7 Å². The van der Waals surface area contributed by atoms with Gasteiger partial charge in [-0.1, -0.05) is 25.7 Å². The van der Waals surface area contributed by atoms with Crippen LogP contribution in [0.4, 0.5) is 11.8 Å². The molecule has 0 atom stereocenters. The third-order valence-corrected chi connectivity index (χ3v) is 7.63. The molecule has 5 rings (SSSR count). The second-order valence-electron chi connectivity index (χ2n) is 10.2. The molecule has 3 aliphatic rings. The minimum atomic E-state index is 0.481. The van der Waals surface area contributed by atoms with E-state index in [4.69, 9.17) is 19.4 Å². The minimum Gasteiger partial charge on any atom is -0.493 e. The maximum absolute atomic E-state index is 6.24. The number of hydrogen-bond acceptors (Lipinski definition) is 7. The molecule has 1 aromatic carbocycles. The average molecular weight is 468 g/mol. The van der Waals surface area contributed by atoms with Crippen molar-refractivity contribution in [1.29, 1.82) is 0 Å². The first kappa shape index (κ1) is 23.5. The van der Waals surface area contributed by atoms with Gasteiger partial charge in [0.25, 0.3) is 0 Å². The van der Waals surface area contributed by atoms with Crippen molar-refractivity contribution in [1.82, 2.24) is 14.9 Å². The van der Waals surface area contributed by atoms with Crippen LogP contribution in [-0.4, -0.2) is 67.4 Å². The number of anilines is 2. The summed E-state index contributed by atoms with van der Waals surface area (Å²) >= 11 is 0. The largest absolute Gasteiger partial charge is 0.493 e. The van der Waals surface area contributed by atoms with Crippen LogP contribution in [0.2, 0.25) is 0 Å². The van der Waals surface area contributed by atoms with Gasteiger partial charge in [0.05, 0.1) is 19.2 Å². The van der Waals surface area contributed by atoms with E-state index in [0.29, 0.717) is 12.6 Å². The smallest absolute Gasteiger partial charge is 0.227 e. The molecule has 7 heteroatoms. The number of nitrogens with zero attached hydrogens (tertiary/aromatic N) is 4. The minimum absolute atomic E-state index is 0.481. The van der Waals surface area contributed by atoms with Crippen molar-refractivity contribution in [3.05, 3.63) is 12.1 Å². The van der Waals surface area contributed by atoms with Crippen LogP contribution in [0.5, 0.6) is 11.5 Å². The van der Waals surface area contributed by atoms with E-state index in [-0.39, 0.29) is 0 Å². The first-order chi connectivity index (χ1) is 16.8. The molecule has 0 spiro atoms. The van der Waals surface area contributed by atoms with Crippen LogP contribution in [-0.2, 0) is 0 Å². The van der Waals surface area contributed by atoms with E-state index in [1.54, 1.807) is 7.11 Å². The highest BCUT2D eigenvalue weighted by molar-refractivity contribution is 5.93. The number of piperidine rings is 1. The maximum atomic E-state index is 6.24. The fourth-order valence-electron chi connectivity index (χ4n) is 5.66. The number of rotatable bonds is 9. The summed E-state index contributed by atoms with van der Waals surface area (Å²) < 4.78 is 12.0. The van der Waals surface area contributed by atoms with Gasteiger partial charge in [0.15, 0.2) is 11.5 Å². The quantitative estimate of drug-likeness (QED) is 0.506. The molecule has 2 aliphatic heterocycles. The second-order valence-corrected chi connectivity index (χ2v) is 10.2. The molecule has 3 fully saturated rings. The Bertz CT molecular complexity index is 934. The van der Waals surface area contributed by atoms with E-state index in [9.17, 15) is 0 Å². The number of ether oxygens (including phenoxy) is 2. The standard InChI is InChI=1S/C27H41N5O2/c1-33-24-19-22-23(20-25(24)34-18-10-15-31-13-6-3-7-14-31)29-27(32-16-8-9-17-32)30-26(22)28-21-11-4-2-5-12-21/h19-21H,2-18H2,1H3,(H,28,29,30). The molecule has 0 amide bonds. The lowest BCUT2D eigenvalue weighted by atomic mass is 9.95. The number of hydrogen-bond donors (Lipinski definition) is 1. The highest BCUT2D eigenvalue weighted by Crippen LogP contribution is 2.36. The number of methoxy groups -OCH3 is 1. The monoisotopic (exact) mass is 467 g/mol.